The molecule has 4 heteroatoms. The van der Waals surface area contributed by atoms with Gasteiger partial charge in [0, 0.05) is 34.4 Å². The van der Waals surface area contributed by atoms with E-state index in [4.69, 9.17) is 0 Å². The van der Waals surface area contributed by atoms with Gasteiger partial charge in [-0.3, -0.25) is 9.97 Å². The molecule has 0 saturated carbocycles. The maximum absolute atomic E-state index is 4.47. The molecular weight excluding hydrogens is 1210 g/mol. The fraction of sp³-hybridized carbons (Fsp3) is 0.0110. The predicted octanol–water partition coefficient (Wildman–Crippen LogP) is 25.3. The van der Waals surface area contributed by atoms with E-state index < -0.39 is 0 Å². The Bertz CT molecular complexity index is 5150. The number of fused-ring (bicyclic) bond motifs is 2. The van der Waals surface area contributed by atoms with Crippen LogP contribution in [0.15, 0.2) is 393 Å². The van der Waals surface area contributed by atoms with Crippen molar-refractivity contribution in [2.24, 2.45) is 0 Å². The first-order chi connectivity index (χ1) is 47.1. The number of pyridine rings is 2. The molecule has 0 atom stereocenters. The molecule has 16 aromatic rings. The Morgan fingerprint density at radius 3 is 1.06 bits per heavy atom. The first-order valence-corrected chi connectivity index (χ1v) is 32.9. The third-order valence-electron chi connectivity index (χ3n) is 17.3. The summed E-state index contributed by atoms with van der Waals surface area (Å²) < 4.78 is 1.09. The predicted molar refractivity (Wildman–Crippen MR) is 405 cm³/mol. The lowest BCUT2D eigenvalue weighted by atomic mass is 9.85. The summed E-state index contributed by atoms with van der Waals surface area (Å²) >= 11 is 3.56. The highest BCUT2D eigenvalue weighted by molar-refractivity contribution is 9.10. The average molecular weight is 1280 g/mol. The summed E-state index contributed by atoms with van der Waals surface area (Å²) in [5.41, 5.74) is 25.4. The van der Waals surface area contributed by atoms with Gasteiger partial charge in [-0.25, -0.2) is 0 Å². The molecule has 2 heterocycles. The van der Waals surface area contributed by atoms with Crippen molar-refractivity contribution < 1.29 is 0 Å². The van der Waals surface area contributed by atoms with E-state index in [1.54, 1.807) is 0 Å². The molecule has 16 rings (SSSR count). The summed E-state index contributed by atoms with van der Waals surface area (Å²) in [6, 6.07) is 129. The molecule has 0 unspecified atom stereocenters. The van der Waals surface area contributed by atoms with Gasteiger partial charge >= 0.3 is 0 Å². The Balaban J connectivity index is 0.000000137. The Morgan fingerprint density at radius 1 is 0.232 bits per heavy atom. The first kappa shape index (κ1) is 60.7. The van der Waals surface area contributed by atoms with Gasteiger partial charge < -0.3 is 4.90 Å². The van der Waals surface area contributed by atoms with E-state index in [9.17, 15) is 0 Å². The van der Waals surface area contributed by atoms with Crippen molar-refractivity contribution in [2.45, 2.75) is 6.42 Å². The SMILES string of the molecule is Brc1ccc(-c2cc(-c3ccccc3)c(-c3ccccc3)c3ccccc23)cc1.c1ccc(-c2cccc(Cc3cccnc3)c2)cc1.c1ccc(-c2cccc(N(c3ccc(-c4cc(-c5ccccc5)c(-c5ccccc5)c5ccccc45)cc3)c3cccnc3)c2)cc1. The van der Waals surface area contributed by atoms with Crippen molar-refractivity contribution in [3.8, 4) is 89.0 Å². The van der Waals surface area contributed by atoms with Gasteiger partial charge in [-0.2, -0.15) is 0 Å². The van der Waals surface area contributed by atoms with Crippen LogP contribution in [0.3, 0.4) is 0 Å². The van der Waals surface area contributed by atoms with Gasteiger partial charge in [0.2, 0.25) is 0 Å². The molecule has 0 amide bonds. The molecule has 0 fully saturated rings. The van der Waals surface area contributed by atoms with E-state index in [0.29, 0.717) is 0 Å². The van der Waals surface area contributed by atoms with E-state index in [2.05, 4.69) is 377 Å². The number of benzene rings is 14. The third-order valence-corrected chi connectivity index (χ3v) is 17.8. The number of rotatable bonds is 13. The van der Waals surface area contributed by atoms with Crippen LogP contribution in [-0.2, 0) is 6.42 Å². The Kier molecular flexibility index (Phi) is 18.7. The normalized spacial score (nSPS) is 10.8. The van der Waals surface area contributed by atoms with Gasteiger partial charge in [0.1, 0.15) is 0 Å². The van der Waals surface area contributed by atoms with E-state index in [1.165, 1.54) is 122 Å². The zero-order chi connectivity index (χ0) is 64.0. The quantitative estimate of drug-likeness (QED) is 0.115. The number of hydrogen-bond acceptors (Lipinski definition) is 3. The fourth-order valence-electron chi connectivity index (χ4n) is 12.8. The van der Waals surface area contributed by atoms with Crippen LogP contribution in [-0.4, -0.2) is 9.97 Å². The average Bonchev–Trinajstić information content (AvgIpc) is 0.764. The maximum atomic E-state index is 4.47. The zero-order valence-corrected chi connectivity index (χ0v) is 54.0. The Hall–Kier alpha value is -11.8. The van der Waals surface area contributed by atoms with Crippen molar-refractivity contribution in [1.82, 2.24) is 9.97 Å². The third kappa shape index (κ3) is 14.0. The van der Waals surface area contributed by atoms with Crippen LogP contribution in [0.5, 0.6) is 0 Å². The molecule has 452 valence electrons. The van der Waals surface area contributed by atoms with Crippen LogP contribution in [0.1, 0.15) is 11.1 Å². The van der Waals surface area contributed by atoms with E-state index in [-0.39, 0.29) is 0 Å². The number of nitrogens with zero attached hydrogens (tertiary/aromatic N) is 3. The van der Waals surface area contributed by atoms with Crippen molar-refractivity contribution in [1.29, 1.82) is 0 Å². The first-order valence-electron chi connectivity index (χ1n) is 32.1. The second-order valence-corrected chi connectivity index (χ2v) is 24.3. The van der Waals surface area contributed by atoms with Crippen molar-refractivity contribution in [2.75, 3.05) is 4.90 Å². The summed E-state index contributed by atoms with van der Waals surface area (Å²) in [7, 11) is 0. The molecule has 0 saturated heterocycles. The summed E-state index contributed by atoms with van der Waals surface area (Å²) in [4.78, 5) is 10.9. The van der Waals surface area contributed by atoms with Gasteiger partial charge in [0.15, 0.2) is 0 Å². The zero-order valence-electron chi connectivity index (χ0n) is 52.4. The van der Waals surface area contributed by atoms with Crippen LogP contribution in [0, 0.1) is 0 Å². The topological polar surface area (TPSA) is 29.0 Å². The van der Waals surface area contributed by atoms with E-state index >= 15 is 0 Å². The second-order valence-electron chi connectivity index (χ2n) is 23.4. The highest BCUT2D eigenvalue weighted by Crippen LogP contribution is 2.46. The molecule has 2 aromatic heterocycles. The summed E-state index contributed by atoms with van der Waals surface area (Å²) in [6.45, 7) is 0. The Labute approximate surface area is 565 Å². The molecule has 0 spiro atoms. The van der Waals surface area contributed by atoms with Gasteiger partial charge in [-0.1, -0.05) is 313 Å². The molecule has 0 aliphatic carbocycles. The molecule has 95 heavy (non-hydrogen) atoms. The highest BCUT2D eigenvalue weighted by Gasteiger charge is 2.20. The molecule has 0 aliphatic heterocycles. The van der Waals surface area contributed by atoms with E-state index in [1.807, 2.05) is 43.0 Å². The van der Waals surface area contributed by atoms with Crippen LogP contribution in [0.2, 0.25) is 0 Å². The van der Waals surface area contributed by atoms with Crippen LogP contribution in [0.25, 0.3) is 111 Å². The summed E-state index contributed by atoms with van der Waals surface area (Å²) in [5, 5.41) is 5.03. The van der Waals surface area contributed by atoms with Crippen molar-refractivity contribution in [3.05, 3.63) is 404 Å². The van der Waals surface area contributed by atoms with Gasteiger partial charge in [-0.05, 0) is 195 Å². The Morgan fingerprint density at radius 2 is 0.600 bits per heavy atom. The standard InChI is InChI=1S/C45H32N2.C28H19Br.C18H15N/c1-4-14-33(15-5-1)37-20-12-21-39(30-37)47(40-22-13-29-46-32-40)38-27-25-35(26-28-38)43-31-44(34-16-6-2-7-17-34)45(36-18-8-3-9-19-36)42-24-11-10-23-41(42)43;29-23-17-15-21(16-18-23)26-19-27(20-9-3-1-4-10-20)28(22-11-5-2-6-12-22)25-14-8-7-13-24(25)26;1-2-8-17(9-3-1)18-10-4-6-15(13-18)12-16-7-5-11-19-14-16/h1-32H;1-19H;1-11,13-14H,12H2. The number of anilines is 3. The van der Waals surface area contributed by atoms with Gasteiger partial charge in [-0.15, -0.1) is 0 Å². The highest BCUT2D eigenvalue weighted by atomic mass is 79.9. The molecule has 0 N–H and O–H groups in total. The number of hydrogen-bond donors (Lipinski definition) is 0. The lowest BCUT2D eigenvalue weighted by Crippen LogP contribution is -2.10. The van der Waals surface area contributed by atoms with E-state index in [0.717, 1.165) is 28.0 Å². The smallest absolute Gasteiger partial charge is 0.0644 e. The minimum atomic E-state index is 0.925. The lowest BCUT2D eigenvalue weighted by Gasteiger charge is -2.26. The van der Waals surface area contributed by atoms with Crippen LogP contribution < -0.4 is 4.90 Å². The molecule has 14 aromatic carbocycles. The number of halogens is 1. The summed E-state index contributed by atoms with van der Waals surface area (Å²) in [6.07, 6.45) is 8.40. The number of aromatic nitrogens is 2. The molecule has 0 radical (unpaired) electrons. The largest absolute Gasteiger partial charge is 0.309 e. The van der Waals surface area contributed by atoms with Crippen LogP contribution >= 0.6 is 15.9 Å². The minimum Gasteiger partial charge on any atom is -0.309 e. The molecule has 3 nitrogen and oxygen atoms in total. The monoisotopic (exact) mass is 1280 g/mol. The van der Waals surface area contributed by atoms with Gasteiger partial charge in [0.25, 0.3) is 0 Å². The van der Waals surface area contributed by atoms with Crippen molar-refractivity contribution in [3.63, 3.8) is 0 Å². The molecule has 0 bridgehead atoms. The van der Waals surface area contributed by atoms with Gasteiger partial charge in [0.05, 0.1) is 11.9 Å². The fourth-order valence-corrected chi connectivity index (χ4v) is 13.1. The van der Waals surface area contributed by atoms with Crippen LogP contribution in [0.4, 0.5) is 17.1 Å². The second kappa shape index (κ2) is 29.2. The lowest BCUT2D eigenvalue weighted by molar-refractivity contribution is 1.15. The minimum absolute atomic E-state index is 0.925. The molecule has 0 aliphatic rings. The summed E-state index contributed by atoms with van der Waals surface area (Å²) in [5.74, 6) is 0. The van der Waals surface area contributed by atoms with Crippen molar-refractivity contribution >= 4 is 54.5 Å². The molecular formula is C91H66BrN3. The maximum Gasteiger partial charge on any atom is 0.0644 e.